The summed E-state index contributed by atoms with van der Waals surface area (Å²) in [6, 6.07) is 5.14. The maximum Gasteiger partial charge on any atom is 0.238 e. The standard InChI is InChI=1S/C13H17Cl2N3O.ClH/c14-10-2-1-3-11(15)13(10)17-12(19)8-18-5-4-9(6-16)7-18;/h1-3,9H,4-8,16H2,(H,17,19);1H. The van der Waals surface area contributed by atoms with E-state index in [9.17, 15) is 4.79 Å². The van der Waals surface area contributed by atoms with E-state index in [0.717, 1.165) is 19.5 Å². The Morgan fingerprint density at radius 2 is 2.05 bits per heavy atom. The zero-order valence-corrected chi connectivity index (χ0v) is 13.3. The average molecular weight is 339 g/mol. The highest BCUT2D eigenvalue weighted by molar-refractivity contribution is 6.39. The summed E-state index contributed by atoms with van der Waals surface area (Å²) in [5, 5.41) is 3.66. The van der Waals surface area contributed by atoms with Crippen molar-refractivity contribution < 1.29 is 4.79 Å². The van der Waals surface area contributed by atoms with Crippen LogP contribution in [0.15, 0.2) is 18.2 Å². The second-order valence-electron chi connectivity index (χ2n) is 4.77. The Labute approximate surface area is 135 Å². The van der Waals surface area contributed by atoms with E-state index in [2.05, 4.69) is 10.2 Å². The fourth-order valence-electron chi connectivity index (χ4n) is 2.25. The molecule has 112 valence electrons. The van der Waals surface area contributed by atoms with Gasteiger partial charge < -0.3 is 11.1 Å². The van der Waals surface area contributed by atoms with Crippen LogP contribution in [0.3, 0.4) is 0 Å². The third-order valence-corrected chi connectivity index (χ3v) is 3.93. The summed E-state index contributed by atoms with van der Waals surface area (Å²) in [6.07, 6.45) is 1.05. The van der Waals surface area contributed by atoms with Gasteiger partial charge in [-0.1, -0.05) is 29.3 Å². The minimum absolute atomic E-state index is 0. The van der Waals surface area contributed by atoms with Crippen LogP contribution in [-0.2, 0) is 4.79 Å². The van der Waals surface area contributed by atoms with Crippen molar-refractivity contribution in [3.8, 4) is 0 Å². The average Bonchev–Trinajstić information content (AvgIpc) is 2.81. The number of halogens is 3. The molecule has 1 aliphatic rings. The number of anilines is 1. The number of rotatable bonds is 4. The van der Waals surface area contributed by atoms with Crippen LogP contribution in [0, 0.1) is 5.92 Å². The molecule has 0 bridgehead atoms. The molecule has 1 atom stereocenters. The van der Waals surface area contributed by atoms with E-state index in [0.29, 0.717) is 34.7 Å². The van der Waals surface area contributed by atoms with Crippen molar-refractivity contribution in [1.29, 1.82) is 0 Å². The number of hydrogen-bond acceptors (Lipinski definition) is 3. The van der Waals surface area contributed by atoms with Crippen molar-refractivity contribution in [2.75, 3.05) is 31.5 Å². The minimum Gasteiger partial charge on any atom is -0.330 e. The Bertz CT molecular complexity index is 450. The smallest absolute Gasteiger partial charge is 0.238 e. The highest BCUT2D eigenvalue weighted by atomic mass is 35.5. The lowest BCUT2D eigenvalue weighted by atomic mass is 10.1. The van der Waals surface area contributed by atoms with Gasteiger partial charge in [-0.2, -0.15) is 0 Å². The third kappa shape index (κ3) is 4.50. The molecule has 0 aromatic heterocycles. The molecule has 4 nitrogen and oxygen atoms in total. The van der Waals surface area contributed by atoms with Crippen molar-refractivity contribution in [3.05, 3.63) is 28.2 Å². The van der Waals surface area contributed by atoms with E-state index in [1.54, 1.807) is 18.2 Å². The number of likely N-dealkylation sites (tertiary alicyclic amines) is 1. The lowest BCUT2D eigenvalue weighted by molar-refractivity contribution is -0.117. The van der Waals surface area contributed by atoms with Crippen LogP contribution >= 0.6 is 35.6 Å². The normalized spacial score (nSPS) is 18.6. The molecule has 0 saturated carbocycles. The summed E-state index contributed by atoms with van der Waals surface area (Å²) in [4.78, 5) is 14.1. The predicted octanol–water partition coefficient (Wildman–Crippen LogP) is 2.63. The quantitative estimate of drug-likeness (QED) is 0.887. The van der Waals surface area contributed by atoms with Gasteiger partial charge in [-0.25, -0.2) is 0 Å². The lowest BCUT2D eigenvalue weighted by Crippen LogP contribution is -2.32. The van der Waals surface area contributed by atoms with Crippen LogP contribution in [0.5, 0.6) is 0 Å². The number of carbonyl (C=O) groups is 1. The van der Waals surface area contributed by atoms with Crippen LogP contribution in [-0.4, -0.2) is 37.0 Å². The molecule has 1 heterocycles. The van der Waals surface area contributed by atoms with Crippen LogP contribution in [0.1, 0.15) is 6.42 Å². The number of benzene rings is 1. The summed E-state index contributed by atoms with van der Waals surface area (Å²) >= 11 is 12.0. The Balaban J connectivity index is 0.00000200. The zero-order valence-electron chi connectivity index (χ0n) is 10.9. The van der Waals surface area contributed by atoms with Crippen LogP contribution in [0.4, 0.5) is 5.69 Å². The first kappa shape index (κ1) is 17.5. The van der Waals surface area contributed by atoms with Gasteiger partial charge in [0, 0.05) is 6.54 Å². The minimum atomic E-state index is -0.104. The molecular weight excluding hydrogens is 321 g/mol. The summed E-state index contributed by atoms with van der Waals surface area (Å²) in [5.41, 5.74) is 6.11. The molecule has 1 aromatic carbocycles. The largest absolute Gasteiger partial charge is 0.330 e. The van der Waals surface area contributed by atoms with Crippen molar-refractivity contribution in [2.24, 2.45) is 11.7 Å². The molecule has 1 fully saturated rings. The van der Waals surface area contributed by atoms with E-state index in [-0.39, 0.29) is 18.3 Å². The number of nitrogens with two attached hydrogens (primary N) is 1. The van der Waals surface area contributed by atoms with E-state index in [1.807, 2.05) is 0 Å². The van der Waals surface area contributed by atoms with Crippen molar-refractivity contribution in [2.45, 2.75) is 6.42 Å². The topological polar surface area (TPSA) is 58.4 Å². The van der Waals surface area contributed by atoms with Gasteiger partial charge in [0.2, 0.25) is 5.91 Å². The molecule has 1 amide bonds. The summed E-state index contributed by atoms with van der Waals surface area (Å²) in [5.74, 6) is 0.393. The van der Waals surface area contributed by atoms with Crippen LogP contribution in [0.2, 0.25) is 10.0 Å². The third-order valence-electron chi connectivity index (χ3n) is 3.30. The molecule has 20 heavy (non-hydrogen) atoms. The number of nitrogens with zero attached hydrogens (tertiary/aromatic N) is 1. The van der Waals surface area contributed by atoms with Crippen molar-refractivity contribution in [3.63, 3.8) is 0 Å². The SMILES string of the molecule is Cl.NCC1CCN(CC(=O)Nc2c(Cl)cccc2Cl)C1. The summed E-state index contributed by atoms with van der Waals surface area (Å²) in [6.45, 7) is 2.80. The van der Waals surface area contributed by atoms with Gasteiger partial charge in [0.1, 0.15) is 0 Å². The fourth-order valence-corrected chi connectivity index (χ4v) is 2.74. The summed E-state index contributed by atoms with van der Waals surface area (Å²) < 4.78 is 0. The number of hydrogen-bond donors (Lipinski definition) is 2. The van der Waals surface area contributed by atoms with Crippen LogP contribution < -0.4 is 11.1 Å². The first-order valence-corrected chi connectivity index (χ1v) is 7.02. The molecule has 1 aromatic rings. The molecule has 0 spiro atoms. The van der Waals surface area contributed by atoms with Gasteiger partial charge in [0.25, 0.3) is 0 Å². The van der Waals surface area contributed by atoms with Crippen molar-refractivity contribution in [1.82, 2.24) is 4.90 Å². The summed E-state index contributed by atoms with van der Waals surface area (Å²) in [7, 11) is 0. The molecule has 0 aliphatic carbocycles. The molecule has 1 unspecified atom stereocenters. The predicted molar refractivity (Wildman–Crippen MR) is 85.9 cm³/mol. The second-order valence-corrected chi connectivity index (χ2v) is 5.58. The first-order chi connectivity index (χ1) is 9.10. The van der Waals surface area contributed by atoms with Crippen LogP contribution in [0.25, 0.3) is 0 Å². The highest BCUT2D eigenvalue weighted by Crippen LogP contribution is 2.29. The molecule has 3 N–H and O–H groups in total. The van der Waals surface area contributed by atoms with Gasteiger partial charge in [-0.15, -0.1) is 12.4 Å². The highest BCUT2D eigenvalue weighted by Gasteiger charge is 2.23. The first-order valence-electron chi connectivity index (χ1n) is 6.26. The maximum absolute atomic E-state index is 12.0. The molecular formula is C13H18Cl3N3O. The molecule has 1 saturated heterocycles. The van der Waals surface area contributed by atoms with E-state index in [4.69, 9.17) is 28.9 Å². The zero-order chi connectivity index (χ0) is 13.8. The Kier molecular flexibility index (Phi) is 7.06. The van der Waals surface area contributed by atoms with E-state index >= 15 is 0 Å². The second kappa shape index (κ2) is 8.05. The molecule has 0 radical (unpaired) electrons. The van der Waals surface area contributed by atoms with Gasteiger partial charge in [-0.05, 0) is 37.6 Å². The lowest BCUT2D eigenvalue weighted by Gasteiger charge is -2.16. The molecule has 2 rings (SSSR count). The Morgan fingerprint density at radius 1 is 1.40 bits per heavy atom. The van der Waals surface area contributed by atoms with E-state index < -0.39 is 0 Å². The van der Waals surface area contributed by atoms with Crippen molar-refractivity contribution >= 4 is 47.2 Å². The number of para-hydroxylation sites is 1. The van der Waals surface area contributed by atoms with Gasteiger partial charge in [0.05, 0.1) is 22.3 Å². The van der Waals surface area contributed by atoms with Gasteiger partial charge >= 0.3 is 0 Å². The molecule has 7 heteroatoms. The van der Waals surface area contributed by atoms with Gasteiger partial charge in [-0.3, -0.25) is 9.69 Å². The maximum atomic E-state index is 12.0. The van der Waals surface area contributed by atoms with Gasteiger partial charge in [0.15, 0.2) is 0 Å². The number of amides is 1. The number of carbonyl (C=O) groups excluding carboxylic acids is 1. The fraction of sp³-hybridized carbons (Fsp3) is 0.462. The Hall–Kier alpha value is -0.520. The van der Waals surface area contributed by atoms with E-state index in [1.165, 1.54) is 0 Å². The Morgan fingerprint density at radius 3 is 2.60 bits per heavy atom. The monoisotopic (exact) mass is 337 g/mol. The number of nitrogens with one attached hydrogen (secondary N) is 1. The molecule has 1 aliphatic heterocycles.